The number of hydrogen-bond acceptors (Lipinski definition) is 3. The minimum absolute atomic E-state index is 0.0348. The fourth-order valence-corrected chi connectivity index (χ4v) is 4.05. The number of hydrogen-bond donors (Lipinski definition) is 1. The molecule has 0 bridgehead atoms. The number of rotatable bonds is 2. The summed E-state index contributed by atoms with van der Waals surface area (Å²) in [4.78, 5) is 2.57. The van der Waals surface area contributed by atoms with Crippen molar-refractivity contribution in [1.29, 1.82) is 0 Å². The van der Waals surface area contributed by atoms with E-state index in [-0.39, 0.29) is 6.10 Å². The zero-order valence-corrected chi connectivity index (χ0v) is 11.2. The first-order valence-electron chi connectivity index (χ1n) is 6.77. The van der Waals surface area contributed by atoms with Gasteiger partial charge in [-0.1, -0.05) is 26.2 Å². The van der Waals surface area contributed by atoms with Gasteiger partial charge in [0.1, 0.15) is 0 Å². The predicted octanol–water partition coefficient (Wildman–Crippen LogP) is 2.36. The Morgan fingerprint density at radius 1 is 1.25 bits per heavy atom. The van der Waals surface area contributed by atoms with Crippen molar-refractivity contribution in [3.05, 3.63) is 0 Å². The molecule has 1 saturated carbocycles. The van der Waals surface area contributed by atoms with Crippen LogP contribution in [0.1, 0.15) is 39.0 Å². The first kappa shape index (κ1) is 12.7. The van der Waals surface area contributed by atoms with E-state index in [1.165, 1.54) is 44.5 Å². The van der Waals surface area contributed by atoms with Gasteiger partial charge in [-0.25, -0.2) is 0 Å². The maximum Gasteiger partial charge on any atom is 0.0580 e. The van der Waals surface area contributed by atoms with E-state index < -0.39 is 0 Å². The van der Waals surface area contributed by atoms with Crippen LogP contribution in [0.2, 0.25) is 0 Å². The monoisotopic (exact) mass is 243 g/mol. The van der Waals surface area contributed by atoms with E-state index in [0.717, 1.165) is 18.2 Å². The van der Waals surface area contributed by atoms with Crippen molar-refractivity contribution in [2.75, 3.05) is 25.4 Å². The SMILES string of the molecule is CC1CN(CC2CCCCCC2O)CCS1. The average molecular weight is 243 g/mol. The van der Waals surface area contributed by atoms with Crippen LogP contribution in [0, 0.1) is 5.92 Å². The van der Waals surface area contributed by atoms with Crippen molar-refractivity contribution in [2.45, 2.75) is 50.4 Å². The normalized spacial score (nSPS) is 38.2. The second kappa shape index (κ2) is 6.27. The minimum Gasteiger partial charge on any atom is -0.393 e. The highest BCUT2D eigenvalue weighted by atomic mass is 32.2. The second-order valence-corrected chi connectivity index (χ2v) is 6.95. The lowest BCUT2D eigenvalue weighted by Gasteiger charge is -2.34. The van der Waals surface area contributed by atoms with Crippen LogP contribution in [0.5, 0.6) is 0 Å². The molecule has 1 aliphatic carbocycles. The Morgan fingerprint density at radius 2 is 2.06 bits per heavy atom. The molecule has 2 fully saturated rings. The Labute approximate surface area is 104 Å². The zero-order chi connectivity index (χ0) is 11.4. The molecule has 16 heavy (non-hydrogen) atoms. The Kier molecular flexibility index (Phi) is 4.98. The van der Waals surface area contributed by atoms with E-state index in [1.54, 1.807) is 0 Å². The van der Waals surface area contributed by atoms with Crippen molar-refractivity contribution in [3.8, 4) is 0 Å². The van der Waals surface area contributed by atoms with Crippen molar-refractivity contribution in [2.24, 2.45) is 5.92 Å². The van der Waals surface area contributed by atoms with Crippen molar-refractivity contribution in [3.63, 3.8) is 0 Å². The third-order valence-corrected chi connectivity index (χ3v) is 5.07. The summed E-state index contributed by atoms with van der Waals surface area (Å²) in [5, 5.41) is 10.9. The molecule has 2 nitrogen and oxygen atoms in total. The molecule has 1 saturated heterocycles. The lowest BCUT2D eigenvalue weighted by molar-refractivity contribution is 0.0745. The van der Waals surface area contributed by atoms with E-state index in [0.29, 0.717) is 5.92 Å². The number of aliphatic hydroxyl groups is 1. The number of thioether (sulfide) groups is 1. The van der Waals surface area contributed by atoms with Crippen LogP contribution in [0.15, 0.2) is 0 Å². The molecule has 1 N–H and O–H groups in total. The van der Waals surface area contributed by atoms with Crippen LogP contribution in [-0.2, 0) is 0 Å². The highest BCUT2D eigenvalue weighted by Gasteiger charge is 2.25. The molecule has 3 heteroatoms. The van der Waals surface area contributed by atoms with Crippen LogP contribution in [0.25, 0.3) is 0 Å². The summed E-state index contributed by atoms with van der Waals surface area (Å²) in [6, 6.07) is 0. The van der Waals surface area contributed by atoms with Gasteiger partial charge >= 0.3 is 0 Å². The lowest BCUT2D eigenvalue weighted by atomic mass is 9.96. The van der Waals surface area contributed by atoms with Gasteiger partial charge in [0.25, 0.3) is 0 Å². The van der Waals surface area contributed by atoms with Gasteiger partial charge in [-0.3, -0.25) is 0 Å². The maximum absolute atomic E-state index is 10.1. The molecule has 3 unspecified atom stereocenters. The van der Waals surface area contributed by atoms with Gasteiger partial charge < -0.3 is 10.0 Å². The van der Waals surface area contributed by atoms with Crippen LogP contribution < -0.4 is 0 Å². The van der Waals surface area contributed by atoms with E-state index in [4.69, 9.17) is 0 Å². The van der Waals surface area contributed by atoms with Gasteiger partial charge in [-0.15, -0.1) is 0 Å². The summed E-state index contributed by atoms with van der Waals surface area (Å²) in [6.45, 7) is 5.89. The third kappa shape index (κ3) is 3.64. The summed E-state index contributed by atoms with van der Waals surface area (Å²) >= 11 is 2.08. The molecule has 94 valence electrons. The van der Waals surface area contributed by atoms with Crippen LogP contribution in [0.3, 0.4) is 0 Å². The van der Waals surface area contributed by atoms with Crippen molar-refractivity contribution >= 4 is 11.8 Å². The molecule has 3 atom stereocenters. The van der Waals surface area contributed by atoms with Crippen LogP contribution >= 0.6 is 11.8 Å². The Morgan fingerprint density at radius 3 is 2.88 bits per heavy atom. The summed E-state index contributed by atoms with van der Waals surface area (Å²) in [5.74, 6) is 1.81. The first-order valence-corrected chi connectivity index (χ1v) is 7.82. The fraction of sp³-hybridized carbons (Fsp3) is 1.00. The Balaban J connectivity index is 1.82. The van der Waals surface area contributed by atoms with Gasteiger partial charge in [0.2, 0.25) is 0 Å². The fourth-order valence-electron chi connectivity index (χ4n) is 2.97. The van der Waals surface area contributed by atoms with Gasteiger partial charge in [0.05, 0.1) is 6.10 Å². The van der Waals surface area contributed by atoms with Gasteiger partial charge in [0, 0.05) is 30.6 Å². The largest absolute Gasteiger partial charge is 0.393 e. The molecule has 2 rings (SSSR count). The molecule has 2 aliphatic rings. The Bertz CT molecular complexity index is 212. The van der Waals surface area contributed by atoms with Gasteiger partial charge in [0.15, 0.2) is 0 Å². The second-order valence-electron chi connectivity index (χ2n) is 5.41. The summed E-state index contributed by atoms with van der Waals surface area (Å²) in [5.41, 5.74) is 0. The maximum atomic E-state index is 10.1. The van der Waals surface area contributed by atoms with E-state index in [1.807, 2.05) is 0 Å². The van der Waals surface area contributed by atoms with E-state index in [2.05, 4.69) is 23.6 Å². The molecule has 0 amide bonds. The molecule has 0 aromatic carbocycles. The van der Waals surface area contributed by atoms with E-state index in [9.17, 15) is 5.11 Å². The summed E-state index contributed by atoms with van der Waals surface area (Å²) < 4.78 is 0. The summed E-state index contributed by atoms with van der Waals surface area (Å²) in [7, 11) is 0. The number of aliphatic hydroxyl groups excluding tert-OH is 1. The Hall–Kier alpha value is 0.270. The van der Waals surface area contributed by atoms with E-state index >= 15 is 0 Å². The first-order chi connectivity index (χ1) is 7.75. The molecule has 1 heterocycles. The van der Waals surface area contributed by atoms with Gasteiger partial charge in [-0.05, 0) is 18.8 Å². The number of nitrogens with zero attached hydrogens (tertiary/aromatic N) is 1. The highest BCUT2D eigenvalue weighted by molar-refractivity contribution is 7.99. The predicted molar refractivity (Wildman–Crippen MR) is 70.9 cm³/mol. The standard InChI is InChI=1S/C13H25NOS/c1-11-9-14(7-8-16-11)10-12-5-3-2-4-6-13(12)15/h11-13,15H,2-10H2,1H3. The lowest BCUT2D eigenvalue weighted by Crippen LogP contribution is -2.42. The minimum atomic E-state index is -0.0348. The van der Waals surface area contributed by atoms with Crippen molar-refractivity contribution in [1.82, 2.24) is 4.90 Å². The quantitative estimate of drug-likeness (QED) is 0.753. The molecule has 1 aliphatic heterocycles. The third-order valence-electron chi connectivity index (χ3n) is 3.94. The van der Waals surface area contributed by atoms with Crippen molar-refractivity contribution < 1.29 is 5.11 Å². The molecule has 0 radical (unpaired) electrons. The van der Waals surface area contributed by atoms with Gasteiger partial charge in [-0.2, -0.15) is 11.8 Å². The van der Waals surface area contributed by atoms with Crippen LogP contribution in [-0.4, -0.2) is 46.7 Å². The average Bonchev–Trinajstić information content (AvgIpc) is 2.45. The zero-order valence-electron chi connectivity index (χ0n) is 10.4. The molecule has 0 aromatic rings. The highest BCUT2D eigenvalue weighted by Crippen LogP contribution is 2.26. The topological polar surface area (TPSA) is 23.5 Å². The summed E-state index contributed by atoms with van der Waals surface area (Å²) in [6.07, 6.45) is 6.10. The molecule has 0 aromatic heterocycles. The smallest absolute Gasteiger partial charge is 0.0580 e. The van der Waals surface area contributed by atoms with Crippen LogP contribution in [0.4, 0.5) is 0 Å². The molecule has 0 spiro atoms. The molecular weight excluding hydrogens is 218 g/mol. The molecular formula is C13H25NOS.